The van der Waals surface area contributed by atoms with E-state index in [2.05, 4.69) is 35.9 Å². The third kappa shape index (κ3) is 11.9. The number of aromatic carboxylic acids is 1. The van der Waals surface area contributed by atoms with Crippen LogP contribution in [0.4, 0.5) is 23.5 Å². The molecule has 11 N–H and O–H groups in total. The molecule has 0 saturated carbocycles. The average molecular weight is 1030 g/mol. The smallest absolute Gasteiger partial charge is 0.336 e. The summed E-state index contributed by atoms with van der Waals surface area (Å²) >= 11 is 0. The Morgan fingerprint density at radius 3 is 2.03 bits per heavy atom. The Labute approximate surface area is 427 Å². The number of carboxylic acid groups (broad SMARTS) is 1. The Kier molecular flexibility index (Phi) is 14.9. The van der Waals surface area contributed by atoms with Gasteiger partial charge in [-0.2, -0.15) is 15.0 Å². The molecule has 3 aliphatic heterocycles. The molecular weight excluding hydrogens is 969 g/mol. The van der Waals surface area contributed by atoms with Crippen molar-refractivity contribution in [1.29, 1.82) is 0 Å². The summed E-state index contributed by atoms with van der Waals surface area (Å²) < 4.78 is 9.07. The summed E-state index contributed by atoms with van der Waals surface area (Å²) in [6.07, 6.45) is 6.02. The Balaban J connectivity index is 0.943. The van der Waals surface area contributed by atoms with E-state index in [0.29, 0.717) is 131 Å². The van der Waals surface area contributed by atoms with Gasteiger partial charge in [-0.3, -0.25) is 24.4 Å². The van der Waals surface area contributed by atoms with Gasteiger partial charge in [0.25, 0.3) is 0 Å². The Bertz CT molecular complexity index is 3310. The van der Waals surface area contributed by atoms with Crippen LogP contribution in [-0.4, -0.2) is 160 Å². The summed E-state index contributed by atoms with van der Waals surface area (Å²) in [5.74, 6) is -0.515. The minimum Gasteiger partial charge on any atom is -0.508 e. The van der Waals surface area contributed by atoms with Crippen molar-refractivity contribution in [2.75, 3.05) is 80.6 Å². The number of carboxylic acids is 1. The molecule has 0 bridgehead atoms. The van der Waals surface area contributed by atoms with Crippen molar-refractivity contribution in [3.63, 3.8) is 0 Å². The molecule has 0 spiro atoms. The highest BCUT2D eigenvalue weighted by Crippen LogP contribution is 2.42. The molecule has 3 aromatic heterocycles. The summed E-state index contributed by atoms with van der Waals surface area (Å²) in [5.41, 5.74) is 24.7. The normalized spacial score (nSPS) is 14.3. The molecule has 1 atom stereocenters. The summed E-state index contributed by atoms with van der Waals surface area (Å²) in [6, 6.07) is 13.0. The van der Waals surface area contributed by atoms with Crippen LogP contribution in [0.2, 0.25) is 0 Å². The Morgan fingerprint density at radius 2 is 1.37 bits per heavy atom. The number of phenolic OH excluding ortho intramolecular Hbond substituents is 1. The molecule has 2 amide bonds. The van der Waals surface area contributed by atoms with E-state index >= 15 is 0 Å². The molecular formula is C48H56N20O7. The number of nitrogens with two attached hydrogens (primary N) is 4. The molecule has 75 heavy (non-hydrogen) atoms. The standard InChI is InChI=1S/C48H56N20O7/c1-28(68-26-31(60-62-68)5-3-13-54-45(51)52)42(72)64-16-20-66(21-17-64)48-57-46(56-47(58-48)65-18-14-63(15-19-65)40(71)27-67-25-30(59-61-67)4-2-12-53-44(49)50)55-29-6-9-34(37(22-29)43(73)74)41-35-10-7-32(69)23-38(35)75-39-24-33(70)8-11-36(39)41/h6-11,22-26,28,69H,2-5,12-21,27H2,1H3,(H,73,74)(H4,49,50,53)(H4,51,52,54)(H,55,56,57,58)/t28-/m0/s1. The van der Waals surface area contributed by atoms with E-state index < -0.39 is 12.0 Å². The number of fused-ring (bicyclic) bond motifs is 2. The third-order valence-corrected chi connectivity index (χ3v) is 12.8. The van der Waals surface area contributed by atoms with Gasteiger partial charge in [-0.05, 0) is 74.6 Å². The van der Waals surface area contributed by atoms with Gasteiger partial charge < -0.3 is 62.5 Å². The fraction of sp³-hybridized carbons (Fsp3) is 0.354. The number of hydrogen-bond acceptors (Lipinski definition) is 18. The highest BCUT2D eigenvalue weighted by molar-refractivity contribution is 6.08. The monoisotopic (exact) mass is 1020 g/mol. The number of rotatable bonds is 18. The molecule has 390 valence electrons. The van der Waals surface area contributed by atoms with E-state index in [1.807, 2.05) is 9.80 Å². The van der Waals surface area contributed by atoms with Crippen molar-refractivity contribution in [3.05, 3.63) is 94.2 Å². The van der Waals surface area contributed by atoms with E-state index in [9.17, 15) is 29.4 Å². The minimum atomic E-state index is -1.23. The summed E-state index contributed by atoms with van der Waals surface area (Å²) in [7, 11) is 0. The van der Waals surface area contributed by atoms with Crippen molar-refractivity contribution >= 4 is 64.2 Å². The van der Waals surface area contributed by atoms with E-state index in [1.54, 1.807) is 58.1 Å². The van der Waals surface area contributed by atoms with Crippen LogP contribution in [0, 0.1) is 0 Å². The van der Waals surface area contributed by atoms with Gasteiger partial charge in [0.05, 0.1) is 17.0 Å². The second kappa shape index (κ2) is 22.1. The van der Waals surface area contributed by atoms with Crippen LogP contribution in [0.5, 0.6) is 5.75 Å². The first-order valence-electron chi connectivity index (χ1n) is 24.2. The number of nitrogens with one attached hydrogen (secondary N) is 1. The van der Waals surface area contributed by atoms with Gasteiger partial charge in [-0.15, -0.1) is 10.2 Å². The maximum absolute atomic E-state index is 13.8. The highest BCUT2D eigenvalue weighted by atomic mass is 16.4. The topological polar surface area (TPSA) is 376 Å². The molecule has 0 unspecified atom stereocenters. The second-order valence-electron chi connectivity index (χ2n) is 18.0. The lowest BCUT2D eigenvalue weighted by Gasteiger charge is -2.37. The van der Waals surface area contributed by atoms with Crippen molar-refractivity contribution < 1.29 is 29.0 Å². The number of carbonyl (C=O) groups excluding carboxylic acids is 2. The molecule has 6 heterocycles. The summed E-state index contributed by atoms with van der Waals surface area (Å²) in [6.45, 7) is 5.66. The summed E-state index contributed by atoms with van der Waals surface area (Å²) in [5, 5.41) is 41.5. The molecule has 2 fully saturated rings. The van der Waals surface area contributed by atoms with Gasteiger partial charge in [0.1, 0.15) is 29.7 Å². The predicted molar refractivity (Wildman–Crippen MR) is 277 cm³/mol. The number of aromatic nitrogens is 9. The van der Waals surface area contributed by atoms with Crippen LogP contribution in [0.1, 0.15) is 47.6 Å². The van der Waals surface area contributed by atoms with Crippen molar-refractivity contribution in [1.82, 2.24) is 54.7 Å². The molecule has 0 radical (unpaired) electrons. The van der Waals surface area contributed by atoms with E-state index in [1.165, 1.54) is 35.0 Å². The molecule has 27 nitrogen and oxygen atoms in total. The number of anilines is 4. The Morgan fingerprint density at radius 1 is 0.747 bits per heavy atom. The second-order valence-corrected chi connectivity index (χ2v) is 18.0. The summed E-state index contributed by atoms with van der Waals surface area (Å²) in [4.78, 5) is 82.8. The van der Waals surface area contributed by atoms with Gasteiger partial charge in [0.2, 0.25) is 29.7 Å². The van der Waals surface area contributed by atoms with Crippen molar-refractivity contribution in [3.8, 4) is 28.2 Å². The van der Waals surface area contributed by atoms with Crippen LogP contribution < -0.4 is 43.5 Å². The first-order valence-corrected chi connectivity index (χ1v) is 24.2. The number of nitrogens with zero attached hydrogens (tertiary/aromatic N) is 15. The third-order valence-electron chi connectivity index (χ3n) is 12.8. The van der Waals surface area contributed by atoms with E-state index in [-0.39, 0.29) is 64.3 Å². The SMILES string of the molecule is C[C@@H](C(=O)N1CCN(c2nc(Nc3ccc(-c4c5ccc(=O)cc-5oc5cc(O)ccc45)c(C(=O)O)c3)nc(N3CCN(C(=O)Cn4cc(CCCN=C(N)N)nn4)CC3)n2)CC1)n1cc(CCCN=C(N)N)nn1. The lowest BCUT2D eigenvalue weighted by atomic mass is 9.90. The number of amides is 2. The van der Waals surface area contributed by atoms with Gasteiger partial charge >= 0.3 is 5.97 Å². The lowest BCUT2D eigenvalue weighted by molar-refractivity contribution is -0.135. The van der Waals surface area contributed by atoms with E-state index in [4.69, 9.17) is 42.3 Å². The van der Waals surface area contributed by atoms with Crippen LogP contribution in [-0.2, 0) is 29.0 Å². The number of aliphatic imine (C=N–C) groups is 2. The van der Waals surface area contributed by atoms with Gasteiger partial charge in [0.15, 0.2) is 17.3 Å². The fourth-order valence-corrected chi connectivity index (χ4v) is 8.97. The van der Waals surface area contributed by atoms with Crippen molar-refractivity contribution in [2.45, 2.75) is 45.2 Å². The van der Waals surface area contributed by atoms with Crippen LogP contribution in [0.15, 0.2) is 86.2 Å². The van der Waals surface area contributed by atoms with Gasteiger partial charge in [-0.25, -0.2) is 14.2 Å². The van der Waals surface area contributed by atoms with Gasteiger partial charge in [-0.1, -0.05) is 16.5 Å². The molecule has 27 heteroatoms. The number of aromatic hydroxyl groups is 1. The average Bonchev–Trinajstić information content (AvgIpc) is 4.08. The van der Waals surface area contributed by atoms with Crippen LogP contribution in [0.25, 0.3) is 33.4 Å². The zero-order chi connectivity index (χ0) is 52.8. The van der Waals surface area contributed by atoms with Crippen molar-refractivity contribution in [2.24, 2.45) is 32.9 Å². The van der Waals surface area contributed by atoms with Gasteiger partial charge in [0, 0.05) is 112 Å². The molecule has 2 saturated heterocycles. The molecule has 2 aromatic carbocycles. The van der Waals surface area contributed by atoms with Crippen LogP contribution in [0.3, 0.4) is 0 Å². The first kappa shape index (κ1) is 50.5. The maximum Gasteiger partial charge on any atom is 0.336 e. The quantitative estimate of drug-likeness (QED) is 0.0270. The predicted octanol–water partition coefficient (Wildman–Crippen LogP) is 0.751. The Hall–Kier alpha value is -9.43. The number of aryl methyl sites for hydroxylation is 2. The lowest BCUT2D eigenvalue weighted by Crippen LogP contribution is -2.51. The number of phenols is 1. The zero-order valence-electron chi connectivity index (χ0n) is 41.0. The number of piperazine rings is 2. The minimum absolute atomic E-state index is 0.00759. The molecule has 1 aliphatic carbocycles. The highest BCUT2D eigenvalue weighted by Gasteiger charge is 2.30. The number of benzene rings is 3. The number of carbonyl (C=O) groups is 3. The van der Waals surface area contributed by atoms with E-state index in [0.717, 1.165) is 11.4 Å². The number of hydrogen-bond donors (Lipinski definition) is 7. The fourth-order valence-electron chi connectivity index (χ4n) is 8.97. The largest absolute Gasteiger partial charge is 0.508 e. The first-order chi connectivity index (χ1) is 36.1. The number of guanidine groups is 2. The molecule has 9 rings (SSSR count). The molecule has 5 aromatic rings. The zero-order valence-corrected chi connectivity index (χ0v) is 41.0. The van der Waals surface area contributed by atoms with Crippen LogP contribution >= 0.6 is 0 Å². The maximum atomic E-state index is 13.8. The molecule has 4 aliphatic rings.